The highest BCUT2D eigenvalue weighted by molar-refractivity contribution is 6.30. The highest BCUT2D eigenvalue weighted by atomic mass is 35.5. The Balaban J connectivity index is 1.89. The van der Waals surface area contributed by atoms with Crippen LogP contribution in [0.1, 0.15) is 50.2 Å². The molecule has 0 amide bonds. The van der Waals surface area contributed by atoms with Crippen molar-refractivity contribution in [1.82, 2.24) is 5.32 Å². The lowest BCUT2D eigenvalue weighted by Crippen LogP contribution is -2.43. The van der Waals surface area contributed by atoms with Crippen LogP contribution in [-0.2, 0) is 23.9 Å². The molecule has 0 radical (unpaired) electrons. The molecule has 37 heavy (non-hydrogen) atoms. The van der Waals surface area contributed by atoms with Gasteiger partial charge in [0.1, 0.15) is 11.7 Å². The number of benzene rings is 2. The molecule has 3 atom stereocenters. The van der Waals surface area contributed by atoms with E-state index in [4.69, 9.17) is 25.8 Å². The van der Waals surface area contributed by atoms with Gasteiger partial charge in [-0.1, -0.05) is 35.9 Å². The molecule has 194 valence electrons. The Hall–Kier alpha value is -3.58. The standard InChI is InChI=1S/C29H30ClNO6/c1-5-36-28(33)23-16(3)31-22-15-21(18-8-7-9-20(14-18)35-4)25(29(34)37-6-2)27(32)26(22)24(23)17-10-12-19(30)13-11-17/h7-14,21,24-25,31H,5-6,15H2,1-4H3/t21-,24+,25-/m0/s1. The number of allylic oxidation sites excluding steroid dienone is 3. The van der Waals surface area contributed by atoms with Crippen LogP contribution in [0.3, 0.4) is 0 Å². The van der Waals surface area contributed by atoms with Gasteiger partial charge in [0.05, 0.1) is 25.9 Å². The molecule has 0 fully saturated rings. The van der Waals surface area contributed by atoms with Gasteiger partial charge in [0.25, 0.3) is 0 Å². The third-order valence-electron chi connectivity index (χ3n) is 6.78. The largest absolute Gasteiger partial charge is 0.497 e. The molecule has 0 aromatic heterocycles. The number of hydrogen-bond acceptors (Lipinski definition) is 7. The van der Waals surface area contributed by atoms with Crippen LogP contribution in [0.15, 0.2) is 71.1 Å². The zero-order valence-electron chi connectivity index (χ0n) is 21.3. The summed E-state index contributed by atoms with van der Waals surface area (Å²) in [5.41, 5.74) is 3.47. The van der Waals surface area contributed by atoms with Crippen LogP contribution in [0.25, 0.3) is 0 Å². The van der Waals surface area contributed by atoms with Gasteiger partial charge in [-0.3, -0.25) is 9.59 Å². The topological polar surface area (TPSA) is 90.9 Å². The molecule has 8 heteroatoms. The molecule has 0 saturated heterocycles. The fraction of sp³-hybridized carbons (Fsp3) is 0.345. The molecule has 1 aliphatic carbocycles. The molecule has 0 bridgehead atoms. The molecule has 2 aromatic rings. The van der Waals surface area contributed by atoms with Gasteiger partial charge >= 0.3 is 11.9 Å². The molecule has 1 heterocycles. The van der Waals surface area contributed by atoms with Crippen LogP contribution in [0.2, 0.25) is 5.02 Å². The first-order chi connectivity index (χ1) is 17.8. The lowest BCUT2D eigenvalue weighted by molar-refractivity contribution is -0.152. The van der Waals surface area contributed by atoms with Gasteiger partial charge in [0.2, 0.25) is 0 Å². The van der Waals surface area contributed by atoms with Crippen molar-refractivity contribution >= 4 is 29.3 Å². The van der Waals surface area contributed by atoms with E-state index in [2.05, 4.69) is 5.32 Å². The highest BCUT2D eigenvalue weighted by Crippen LogP contribution is 2.48. The minimum absolute atomic E-state index is 0.144. The molecule has 0 spiro atoms. The third kappa shape index (κ3) is 5.14. The SMILES string of the molecule is CCOC(=O)C1=C(C)NC2=C(C(=O)[C@@H](C(=O)OCC)[C@H](c3cccc(OC)c3)C2)[C@@H]1c1ccc(Cl)cc1. The number of Topliss-reactive ketones (excluding diaryl/α,β-unsaturated/α-hetero) is 1. The van der Waals surface area contributed by atoms with Gasteiger partial charge in [-0.15, -0.1) is 0 Å². The highest BCUT2D eigenvalue weighted by Gasteiger charge is 2.49. The fourth-order valence-corrected chi connectivity index (χ4v) is 5.32. The number of ether oxygens (including phenoxy) is 3. The molecule has 7 nitrogen and oxygen atoms in total. The van der Waals surface area contributed by atoms with Gasteiger partial charge in [0, 0.05) is 33.8 Å². The summed E-state index contributed by atoms with van der Waals surface area (Å²) in [4.78, 5) is 40.6. The second-order valence-corrected chi connectivity index (χ2v) is 9.38. The predicted molar refractivity (Wildman–Crippen MR) is 139 cm³/mol. The van der Waals surface area contributed by atoms with Crippen molar-refractivity contribution in [3.05, 3.63) is 87.2 Å². The summed E-state index contributed by atoms with van der Waals surface area (Å²) in [7, 11) is 1.57. The number of dihydropyridines is 1. The normalized spacial score (nSPS) is 21.2. The van der Waals surface area contributed by atoms with E-state index in [9.17, 15) is 14.4 Å². The number of halogens is 1. The molecule has 1 aliphatic heterocycles. The van der Waals surface area contributed by atoms with E-state index in [1.54, 1.807) is 52.1 Å². The Morgan fingerprint density at radius 2 is 1.73 bits per heavy atom. The number of methoxy groups -OCH3 is 1. The smallest absolute Gasteiger partial charge is 0.336 e. The van der Waals surface area contributed by atoms with Crippen molar-refractivity contribution in [2.45, 2.75) is 39.0 Å². The van der Waals surface area contributed by atoms with Crippen LogP contribution >= 0.6 is 11.6 Å². The Morgan fingerprint density at radius 1 is 1.03 bits per heavy atom. The van der Waals surface area contributed by atoms with Crippen molar-refractivity contribution < 1.29 is 28.6 Å². The number of esters is 2. The first-order valence-corrected chi connectivity index (χ1v) is 12.7. The van der Waals surface area contributed by atoms with Crippen molar-refractivity contribution in [2.24, 2.45) is 5.92 Å². The first kappa shape index (κ1) is 26.5. The quantitative estimate of drug-likeness (QED) is 0.400. The van der Waals surface area contributed by atoms with Crippen LogP contribution in [-0.4, -0.2) is 38.0 Å². The van der Waals surface area contributed by atoms with Crippen molar-refractivity contribution in [2.75, 3.05) is 20.3 Å². The maximum atomic E-state index is 14.3. The third-order valence-corrected chi connectivity index (χ3v) is 7.03. The van der Waals surface area contributed by atoms with E-state index in [1.165, 1.54) is 0 Å². The van der Waals surface area contributed by atoms with Gasteiger partial charge in [-0.2, -0.15) is 0 Å². The maximum Gasteiger partial charge on any atom is 0.336 e. The summed E-state index contributed by atoms with van der Waals surface area (Å²) in [6.45, 7) is 5.56. The monoisotopic (exact) mass is 523 g/mol. The van der Waals surface area contributed by atoms with E-state index < -0.39 is 29.7 Å². The van der Waals surface area contributed by atoms with Crippen molar-refractivity contribution in [1.29, 1.82) is 0 Å². The van der Waals surface area contributed by atoms with Gasteiger partial charge < -0.3 is 19.5 Å². The van der Waals surface area contributed by atoms with Gasteiger partial charge in [-0.05, 0) is 62.6 Å². The van der Waals surface area contributed by atoms with E-state index in [-0.39, 0.29) is 19.0 Å². The molecule has 1 N–H and O–H groups in total. The zero-order chi connectivity index (χ0) is 26.7. The van der Waals surface area contributed by atoms with Crippen molar-refractivity contribution in [3.63, 3.8) is 0 Å². The fourth-order valence-electron chi connectivity index (χ4n) is 5.19. The Bertz CT molecular complexity index is 1280. The second kappa shape index (κ2) is 11.2. The van der Waals surface area contributed by atoms with Crippen LogP contribution in [0.5, 0.6) is 5.75 Å². The van der Waals surface area contributed by atoms with E-state index in [1.807, 2.05) is 24.3 Å². The van der Waals surface area contributed by atoms with Crippen molar-refractivity contribution in [3.8, 4) is 5.75 Å². The van der Waals surface area contributed by atoms with E-state index in [0.29, 0.717) is 45.3 Å². The summed E-state index contributed by atoms with van der Waals surface area (Å²) >= 11 is 6.14. The summed E-state index contributed by atoms with van der Waals surface area (Å²) in [5, 5.41) is 3.83. The molecule has 0 saturated carbocycles. The molecule has 2 aliphatic rings. The van der Waals surface area contributed by atoms with Crippen LogP contribution in [0.4, 0.5) is 0 Å². The number of ketones is 1. The molecule has 4 rings (SSSR count). The lowest BCUT2D eigenvalue weighted by atomic mass is 9.67. The van der Waals surface area contributed by atoms with Crippen LogP contribution < -0.4 is 10.1 Å². The number of carbonyl (C=O) groups is 3. The lowest BCUT2D eigenvalue weighted by Gasteiger charge is -2.39. The maximum absolute atomic E-state index is 14.3. The summed E-state index contributed by atoms with van der Waals surface area (Å²) in [6, 6.07) is 14.4. The molecule has 2 aromatic carbocycles. The van der Waals surface area contributed by atoms with Crippen LogP contribution in [0, 0.1) is 5.92 Å². The second-order valence-electron chi connectivity index (χ2n) is 8.94. The molecular weight excluding hydrogens is 494 g/mol. The molecular formula is C29H30ClNO6. The number of nitrogens with one attached hydrogen (secondary N) is 1. The molecule has 0 unspecified atom stereocenters. The number of hydrogen-bond donors (Lipinski definition) is 1. The Kier molecular flexibility index (Phi) is 8.03. The van der Waals surface area contributed by atoms with E-state index in [0.717, 1.165) is 5.56 Å². The first-order valence-electron chi connectivity index (χ1n) is 12.3. The number of carbonyl (C=O) groups excluding carboxylic acids is 3. The average molecular weight is 524 g/mol. The summed E-state index contributed by atoms with van der Waals surface area (Å²) in [6.07, 6.45) is 0.370. The Morgan fingerprint density at radius 3 is 2.38 bits per heavy atom. The zero-order valence-corrected chi connectivity index (χ0v) is 22.1. The summed E-state index contributed by atoms with van der Waals surface area (Å²) < 4.78 is 16.1. The predicted octanol–water partition coefficient (Wildman–Crippen LogP) is 5.06. The average Bonchev–Trinajstić information content (AvgIpc) is 2.88. The van der Waals surface area contributed by atoms with Gasteiger partial charge in [0.15, 0.2) is 5.78 Å². The van der Waals surface area contributed by atoms with Gasteiger partial charge in [-0.25, -0.2) is 4.79 Å². The summed E-state index contributed by atoms with van der Waals surface area (Å²) in [5.74, 6) is -3.14. The Labute approximate surface area is 221 Å². The minimum atomic E-state index is -1.08. The van der Waals surface area contributed by atoms with E-state index >= 15 is 0 Å². The minimum Gasteiger partial charge on any atom is -0.497 e. The number of rotatable bonds is 7.